The quantitative estimate of drug-likeness (QED) is 0.773. The number of carboxylic acid groups (broad SMARTS) is 1. The summed E-state index contributed by atoms with van der Waals surface area (Å²) in [5, 5.41) is 9.02. The second kappa shape index (κ2) is 4.72. The van der Waals surface area contributed by atoms with E-state index in [9.17, 15) is 4.79 Å². The summed E-state index contributed by atoms with van der Waals surface area (Å²) in [6, 6.07) is 0.855. The van der Waals surface area contributed by atoms with Gasteiger partial charge in [0.2, 0.25) is 0 Å². The molecular weight excluding hydrogens is 206 g/mol. The van der Waals surface area contributed by atoms with Gasteiger partial charge in [-0.1, -0.05) is 0 Å². The molecular formula is C12H21NO3. The van der Waals surface area contributed by atoms with E-state index in [1.54, 1.807) is 0 Å². The van der Waals surface area contributed by atoms with Gasteiger partial charge >= 0.3 is 5.97 Å². The van der Waals surface area contributed by atoms with Crippen LogP contribution in [0, 0.1) is 5.92 Å². The third-order valence-electron chi connectivity index (χ3n) is 4.04. The van der Waals surface area contributed by atoms with Gasteiger partial charge in [-0.25, -0.2) is 0 Å². The van der Waals surface area contributed by atoms with Gasteiger partial charge in [0.1, 0.15) is 0 Å². The lowest BCUT2D eigenvalue weighted by Crippen LogP contribution is -2.50. The predicted molar refractivity (Wildman–Crippen MR) is 60.3 cm³/mol. The fourth-order valence-electron chi connectivity index (χ4n) is 3.06. The number of carboxylic acids is 1. The minimum atomic E-state index is -0.637. The molecule has 0 aromatic heterocycles. The zero-order chi connectivity index (χ0) is 11.7. The zero-order valence-corrected chi connectivity index (χ0v) is 10.1. The molecule has 92 valence electrons. The summed E-state index contributed by atoms with van der Waals surface area (Å²) in [7, 11) is 0. The molecule has 4 nitrogen and oxygen atoms in total. The summed E-state index contributed by atoms with van der Waals surface area (Å²) in [5.74, 6) is -0.786. The van der Waals surface area contributed by atoms with Crippen molar-refractivity contribution in [2.75, 3.05) is 13.2 Å². The van der Waals surface area contributed by atoms with Crippen molar-refractivity contribution in [2.45, 2.75) is 51.3 Å². The first-order chi connectivity index (χ1) is 7.59. The highest BCUT2D eigenvalue weighted by molar-refractivity contribution is 5.70. The normalized spacial score (nSPS) is 41.1. The standard InChI is InChI=1S/C12H21NO3/c1-8-7-10(12(14)15)3-5-13(8)11-4-6-16-9(11)2/h8-11H,3-7H2,1-2H3,(H,14,15). The maximum atomic E-state index is 10.9. The van der Waals surface area contributed by atoms with Crippen LogP contribution in [0.3, 0.4) is 0 Å². The number of carbonyl (C=O) groups is 1. The van der Waals surface area contributed by atoms with Gasteiger partial charge in [-0.15, -0.1) is 0 Å². The second-order valence-corrected chi connectivity index (χ2v) is 5.08. The van der Waals surface area contributed by atoms with Gasteiger partial charge in [-0.3, -0.25) is 9.69 Å². The van der Waals surface area contributed by atoms with Gasteiger partial charge in [0.25, 0.3) is 0 Å². The largest absolute Gasteiger partial charge is 0.481 e. The molecule has 4 unspecified atom stereocenters. The van der Waals surface area contributed by atoms with Crippen molar-refractivity contribution < 1.29 is 14.6 Å². The molecule has 2 fully saturated rings. The summed E-state index contributed by atoms with van der Waals surface area (Å²) in [5.41, 5.74) is 0. The van der Waals surface area contributed by atoms with Crippen molar-refractivity contribution in [3.8, 4) is 0 Å². The SMILES string of the molecule is CC1OCCC1N1CCC(C(=O)O)CC1C. The van der Waals surface area contributed by atoms with Crippen molar-refractivity contribution in [1.82, 2.24) is 4.90 Å². The fourth-order valence-corrected chi connectivity index (χ4v) is 3.06. The third kappa shape index (κ3) is 2.23. The van der Waals surface area contributed by atoms with Crippen LogP contribution in [0.1, 0.15) is 33.1 Å². The molecule has 4 heteroatoms. The number of piperidine rings is 1. The van der Waals surface area contributed by atoms with Gasteiger partial charge < -0.3 is 9.84 Å². The van der Waals surface area contributed by atoms with E-state index < -0.39 is 5.97 Å². The lowest BCUT2D eigenvalue weighted by Gasteiger charge is -2.41. The molecule has 0 saturated carbocycles. The molecule has 0 aliphatic carbocycles. The molecule has 0 aromatic rings. The van der Waals surface area contributed by atoms with E-state index in [1.165, 1.54) is 0 Å². The van der Waals surface area contributed by atoms with Crippen LogP contribution in [-0.4, -0.2) is 47.3 Å². The Labute approximate surface area is 96.6 Å². The first kappa shape index (κ1) is 11.9. The molecule has 0 amide bonds. The van der Waals surface area contributed by atoms with Crippen molar-refractivity contribution in [1.29, 1.82) is 0 Å². The first-order valence-electron chi connectivity index (χ1n) is 6.19. The minimum Gasteiger partial charge on any atom is -0.481 e. The highest BCUT2D eigenvalue weighted by Crippen LogP contribution is 2.29. The lowest BCUT2D eigenvalue weighted by molar-refractivity contribution is -0.144. The van der Waals surface area contributed by atoms with Gasteiger partial charge in [-0.2, -0.15) is 0 Å². The molecule has 2 saturated heterocycles. The van der Waals surface area contributed by atoms with Crippen LogP contribution in [0.5, 0.6) is 0 Å². The van der Waals surface area contributed by atoms with E-state index in [1.807, 2.05) is 0 Å². The fraction of sp³-hybridized carbons (Fsp3) is 0.917. The van der Waals surface area contributed by atoms with Crippen LogP contribution >= 0.6 is 0 Å². The number of nitrogens with zero attached hydrogens (tertiary/aromatic N) is 1. The molecule has 0 aromatic carbocycles. The van der Waals surface area contributed by atoms with Gasteiger partial charge in [0, 0.05) is 18.7 Å². The van der Waals surface area contributed by atoms with Crippen LogP contribution in [-0.2, 0) is 9.53 Å². The Kier molecular flexibility index (Phi) is 3.50. The molecule has 2 heterocycles. The predicted octanol–water partition coefficient (Wildman–Crippen LogP) is 1.35. The molecule has 1 N–H and O–H groups in total. The van der Waals surface area contributed by atoms with Crippen LogP contribution in [0.2, 0.25) is 0 Å². The van der Waals surface area contributed by atoms with Crippen molar-refractivity contribution in [3.63, 3.8) is 0 Å². The summed E-state index contributed by atoms with van der Waals surface area (Å²) in [6.07, 6.45) is 2.94. The smallest absolute Gasteiger partial charge is 0.306 e. The van der Waals surface area contributed by atoms with E-state index >= 15 is 0 Å². The summed E-state index contributed by atoms with van der Waals surface area (Å²) in [4.78, 5) is 13.4. The zero-order valence-electron chi connectivity index (χ0n) is 10.1. The van der Waals surface area contributed by atoms with E-state index in [2.05, 4.69) is 18.7 Å². The van der Waals surface area contributed by atoms with Crippen molar-refractivity contribution in [2.24, 2.45) is 5.92 Å². The average molecular weight is 227 g/mol. The second-order valence-electron chi connectivity index (χ2n) is 5.08. The number of ether oxygens (including phenoxy) is 1. The van der Waals surface area contributed by atoms with Gasteiger partial charge in [0.15, 0.2) is 0 Å². The van der Waals surface area contributed by atoms with Crippen LogP contribution in [0.15, 0.2) is 0 Å². The molecule has 4 atom stereocenters. The molecule has 16 heavy (non-hydrogen) atoms. The lowest BCUT2D eigenvalue weighted by atomic mass is 9.89. The van der Waals surface area contributed by atoms with E-state index in [4.69, 9.17) is 9.84 Å². The maximum absolute atomic E-state index is 10.9. The molecule has 2 aliphatic heterocycles. The molecule has 2 rings (SSSR count). The Morgan fingerprint density at radius 2 is 2.12 bits per heavy atom. The molecule has 0 bridgehead atoms. The van der Waals surface area contributed by atoms with Gasteiger partial charge in [-0.05, 0) is 39.7 Å². The third-order valence-corrected chi connectivity index (χ3v) is 4.04. The summed E-state index contributed by atoms with van der Waals surface area (Å²) < 4.78 is 5.58. The number of likely N-dealkylation sites (tertiary alicyclic amines) is 1. The number of hydrogen-bond donors (Lipinski definition) is 1. The topological polar surface area (TPSA) is 49.8 Å². The minimum absolute atomic E-state index is 0.149. The monoisotopic (exact) mass is 227 g/mol. The highest BCUT2D eigenvalue weighted by Gasteiger charge is 2.37. The Bertz CT molecular complexity index is 269. The molecule has 0 spiro atoms. The number of aliphatic carboxylic acids is 1. The first-order valence-corrected chi connectivity index (χ1v) is 6.19. The molecule has 0 radical (unpaired) electrons. The Morgan fingerprint density at radius 3 is 2.62 bits per heavy atom. The molecule has 2 aliphatic rings. The Morgan fingerprint density at radius 1 is 1.38 bits per heavy atom. The van der Waals surface area contributed by atoms with Crippen LogP contribution in [0.25, 0.3) is 0 Å². The maximum Gasteiger partial charge on any atom is 0.306 e. The average Bonchev–Trinajstić information content (AvgIpc) is 2.64. The van der Waals surface area contributed by atoms with Crippen molar-refractivity contribution >= 4 is 5.97 Å². The van der Waals surface area contributed by atoms with Gasteiger partial charge in [0.05, 0.1) is 12.0 Å². The summed E-state index contributed by atoms with van der Waals surface area (Å²) in [6.45, 7) is 6.00. The number of rotatable bonds is 2. The Hall–Kier alpha value is -0.610. The van der Waals surface area contributed by atoms with E-state index in [-0.39, 0.29) is 5.92 Å². The highest BCUT2D eigenvalue weighted by atomic mass is 16.5. The summed E-state index contributed by atoms with van der Waals surface area (Å²) >= 11 is 0. The number of hydrogen-bond acceptors (Lipinski definition) is 3. The van der Waals surface area contributed by atoms with Crippen LogP contribution < -0.4 is 0 Å². The Balaban J connectivity index is 1.96. The van der Waals surface area contributed by atoms with Crippen LogP contribution in [0.4, 0.5) is 0 Å². The van der Waals surface area contributed by atoms with Crippen molar-refractivity contribution in [3.05, 3.63) is 0 Å². The van der Waals surface area contributed by atoms with E-state index in [0.717, 1.165) is 32.4 Å². The van der Waals surface area contributed by atoms with E-state index in [0.29, 0.717) is 18.2 Å².